The Bertz CT molecular complexity index is 706. The molecule has 0 aromatic heterocycles. The van der Waals surface area contributed by atoms with Gasteiger partial charge in [0.2, 0.25) is 0 Å². The zero-order chi connectivity index (χ0) is 34.6. The smallest absolute Gasteiger partial charge is 0.306 e. The zero-order valence-electron chi connectivity index (χ0n) is 31.7. The molecule has 0 radical (unpaired) electrons. The van der Waals surface area contributed by atoms with Gasteiger partial charge in [0.05, 0.1) is 0 Å². The average Bonchev–Trinajstić information content (AvgIpc) is 3.05. The maximum Gasteiger partial charge on any atom is 0.306 e. The molecule has 0 fully saturated rings. The number of hydrogen-bond acceptors (Lipinski definition) is 6. The summed E-state index contributed by atoms with van der Waals surface area (Å²) in [4.78, 5) is 37.4. The molecule has 0 saturated carbocycles. The number of unbranched alkanes of at least 4 members (excludes halogenated alkanes) is 23. The molecular weight excluding hydrogens is 588 g/mol. The molecule has 0 aliphatic heterocycles. The Kier molecular flexibility index (Phi) is 34.5. The van der Waals surface area contributed by atoms with Crippen LogP contribution in [0.5, 0.6) is 0 Å². The van der Waals surface area contributed by atoms with Gasteiger partial charge in [0.1, 0.15) is 13.2 Å². The SMILES string of the molecule is CCCCCCCCCCCCC(=O)OC[C@H](COC(=O)CCCCCCCCCCCC(C)C)OC(=O)CCCCCCCCC. The fraction of sp³-hybridized carbons (Fsp3) is 0.927. The topological polar surface area (TPSA) is 78.9 Å². The molecule has 0 aromatic rings. The Morgan fingerprint density at radius 1 is 0.404 bits per heavy atom. The average molecular weight is 667 g/mol. The van der Waals surface area contributed by atoms with Crippen molar-refractivity contribution in [3.63, 3.8) is 0 Å². The van der Waals surface area contributed by atoms with E-state index in [9.17, 15) is 14.4 Å². The Morgan fingerprint density at radius 3 is 1.04 bits per heavy atom. The van der Waals surface area contributed by atoms with Crippen LogP contribution in [0.15, 0.2) is 0 Å². The van der Waals surface area contributed by atoms with Gasteiger partial charge in [0, 0.05) is 19.3 Å². The van der Waals surface area contributed by atoms with Gasteiger partial charge in [-0.2, -0.15) is 0 Å². The molecule has 0 bridgehead atoms. The maximum atomic E-state index is 12.5. The van der Waals surface area contributed by atoms with Crippen LogP contribution in [-0.4, -0.2) is 37.2 Å². The number of rotatable bonds is 36. The summed E-state index contributed by atoms with van der Waals surface area (Å²) in [6, 6.07) is 0. The monoisotopic (exact) mass is 667 g/mol. The van der Waals surface area contributed by atoms with Crippen molar-refractivity contribution >= 4 is 17.9 Å². The van der Waals surface area contributed by atoms with E-state index in [1.165, 1.54) is 116 Å². The van der Waals surface area contributed by atoms with Crippen LogP contribution in [0, 0.1) is 5.92 Å². The molecule has 0 N–H and O–H groups in total. The van der Waals surface area contributed by atoms with Gasteiger partial charge >= 0.3 is 17.9 Å². The lowest BCUT2D eigenvalue weighted by atomic mass is 10.0. The molecule has 0 spiro atoms. The van der Waals surface area contributed by atoms with Gasteiger partial charge in [0.25, 0.3) is 0 Å². The quantitative estimate of drug-likeness (QED) is 0.0376. The van der Waals surface area contributed by atoms with Crippen LogP contribution >= 0.6 is 0 Å². The normalized spacial score (nSPS) is 11.9. The highest BCUT2D eigenvalue weighted by molar-refractivity contribution is 5.71. The van der Waals surface area contributed by atoms with Crippen molar-refractivity contribution in [3.8, 4) is 0 Å². The minimum atomic E-state index is -0.756. The number of esters is 3. The fourth-order valence-corrected chi connectivity index (χ4v) is 5.92. The first-order valence-electron chi connectivity index (χ1n) is 20.4. The zero-order valence-corrected chi connectivity index (χ0v) is 31.7. The molecule has 278 valence electrons. The van der Waals surface area contributed by atoms with Gasteiger partial charge in [-0.25, -0.2) is 0 Å². The van der Waals surface area contributed by atoms with E-state index in [0.29, 0.717) is 19.3 Å². The molecule has 0 heterocycles. The van der Waals surface area contributed by atoms with Gasteiger partial charge < -0.3 is 14.2 Å². The van der Waals surface area contributed by atoms with Gasteiger partial charge in [-0.15, -0.1) is 0 Å². The van der Waals surface area contributed by atoms with Crippen LogP contribution in [0.1, 0.15) is 220 Å². The third-order valence-electron chi connectivity index (χ3n) is 9.04. The highest BCUT2D eigenvalue weighted by Crippen LogP contribution is 2.15. The molecule has 1 atom stereocenters. The van der Waals surface area contributed by atoms with E-state index >= 15 is 0 Å². The van der Waals surface area contributed by atoms with E-state index in [0.717, 1.165) is 63.7 Å². The Morgan fingerprint density at radius 2 is 0.702 bits per heavy atom. The van der Waals surface area contributed by atoms with Crippen LogP contribution in [0.4, 0.5) is 0 Å². The van der Waals surface area contributed by atoms with E-state index in [1.807, 2.05) is 0 Å². The predicted molar refractivity (Wildman–Crippen MR) is 196 cm³/mol. The summed E-state index contributed by atoms with van der Waals surface area (Å²) in [5.74, 6) is -0.0614. The third kappa shape index (κ3) is 35.5. The highest BCUT2D eigenvalue weighted by atomic mass is 16.6. The minimum Gasteiger partial charge on any atom is -0.462 e. The van der Waals surface area contributed by atoms with Crippen LogP contribution in [0.25, 0.3) is 0 Å². The predicted octanol–water partition coefficient (Wildman–Crippen LogP) is 12.4. The van der Waals surface area contributed by atoms with Crippen molar-refractivity contribution in [2.75, 3.05) is 13.2 Å². The second kappa shape index (κ2) is 35.7. The molecule has 47 heavy (non-hydrogen) atoms. The summed E-state index contributed by atoms with van der Waals surface area (Å²) in [6.45, 7) is 8.90. The number of carbonyl (C=O) groups excluding carboxylic acids is 3. The molecule has 6 heteroatoms. The van der Waals surface area contributed by atoms with Gasteiger partial charge in [0.15, 0.2) is 6.10 Å². The number of carbonyl (C=O) groups is 3. The van der Waals surface area contributed by atoms with Crippen LogP contribution in [-0.2, 0) is 28.6 Å². The molecular formula is C41H78O6. The van der Waals surface area contributed by atoms with Crippen molar-refractivity contribution in [1.82, 2.24) is 0 Å². The lowest BCUT2D eigenvalue weighted by molar-refractivity contribution is -0.167. The van der Waals surface area contributed by atoms with Crippen LogP contribution in [0.2, 0.25) is 0 Å². The lowest BCUT2D eigenvalue weighted by Crippen LogP contribution is -2.30. The van der Waals surface area contributed by atoms with Crippen molar-refractivity contribution in [2.45, 2.75) is 226 Å². The summed E-state index contributed by atoms with van der Waals surface area (Å²) in [5.41, 5.74) is 0. The number of ether oxygens (including phenoxy) is 3. The van der Waals surface area contributed by atoms with Gasteiger partial charge in [-0.05, 0) is 25.2 Å². The van der Waals surface area contributed by atoms with E-state index in [4.69, 9.17) is 14.2 Å². The summed E-state index contributed by atoms with van der Waals surface area (Å²) in [7, 11) is 0. The molecule has 0 amide bonds. The summed E-state index contributed by atoms with van der Waals surface area (Å²) in [5, 5.41) is 0. The van der Waals surface area contributed by atoms with Crippen LogP contribution in [0.3, 0.4) is 0 Å². The largest absolute Gasteiger partial charge is 0.462 e. The molecule has 0 unspecified atom stereocenters. The van der Waals surface area contributed by atoms with Crippen molar-refractivity contribution in [3.05, 3.63) is 0 Å². The van der Waals surface area contributed by atoms with Gasteiger partial charge in [-0.3, -0.25) is 14.4 Å². The molecule has 0 aromatic carbocycles. The van der Waals surface area contributed by atoms with E-state index < -0.39 is 6.10 Å². The summed E-state index contributed by atoms with van der Waals surface area (Å²) in [6.07, 6.45) is 32.4. The molecule has 0 saturated heterocycles. The summed E-state index contributed by atoms with van der Waals surface area (Å²) >= 11 is 0. The molecule has 0 rings (SSSR count). The lowest BCUT2D eigenvalue weighted by Gasteiger charge is -2.18. The highest BCUT2D eigenvalue weighted by Gasteiger charge is 2.19. The summed E-state index contributed by atoms with van der Waals surface area (Å²) < 4.78 is 16.6. The van der Waals surface area contributed by atoms with E-state index in [1.54, 1.807) is 0 Å². The van der Waals surface area contributed by atoms with Crippen LogP contribution < -0.4 is 0 Å². The standard InChI is InChI=1S/C41H78O6/c1-5-7-9-11-13-14-17-21-24-28-32-39(42)45-35-38(47-41(44)34-30-26-19-12-10-8-6-2)36-46-40(43)33-29-25-22-18-15-16-20-23-27-31-37(3)4/h37-38H,5-36H2,1-4H3/t38-/m1/s1. The van der Waals surface area contributed by atoms with E-state index in [-0.39, 0.29) is 31.1 Å². The van der Waals surface area contributed by atoms with Gasteiger partial charge in [-0.1, -0.05) is 182 Å². The van der Waals surface area contributed by atoms with Crippen molar-refractivity contribution in [2.24, 2.45) is 5.92 Å². The molecule has 0 aliphatic rings. The van der Waals surface area contributed by atoms with Crippen molar-refractivity contribution < 1.29 is 28.6 Å². The Labute approximate surface area is 291 Å². The first-order chi connectivity index (χ1) is 22.9. The first kappa shape index (κ1) is 45.4. The Hall–Kier alpha value is -1.59. The first-order valence-corrected chi connectivity index (χ1v) is 20.4. The Balaban J connectivity index is 4.29. The molecule has 0 aliphatic carbocycles. The second-order valence-corrected chi connectivity index (χ2v) is 14.4. The van der Waals surface area contributed by atoms with E-state index in [2.05, 4.69) is 27.7 Å². The molecule has 6 nitrogen and oxygen atoms in total. The third-order valence-corrected chi connectivity index (χ3v) is 9.04. The fourth-order valence-electron chi connectivity index (χ4n) is 5.92. The van der Waals surface area contributed by atoms with Crippen molar-refractivity contribution in [1.29, 1.82) is 0 Å². The second-order valence-electron chi connectivity index (χ2n) is 14.4. The minimum absolute atomic E-state index is 0.0654. The maximum absolute atomic E-state index is 12.5. The number of hydrogen-bond donors (Lipinski definition) is 0.